The van der Waals surface area contributed by atoms with Crippen LogP contribution >= 0.6 is 11.3 Å². The van der Waals surface area contributed by atoms with E-state index in [9.17, 15) is 0 Å². The van der Waals surface area contributed by atoms with Gasteiger partial charge in [0.15, 0.2) is 0 Å². The Morgan fingerprint density at radius 1 is 1.77 bits per heavy atom. The summed E-state index contributed by atoms with van der Waals surface area (Å²) < 4.78 is 0. The number of rotatable bonds is 3. The van der Waals surface area contributed by atoms with Crippen molar-refractivity contribution in [3.05, 3.63) is 16.1 Å². The third-order valence-corrected chi connectivity index (χ3v) is 3.79. The second-order valence-electron chi connectivity index (χ2n) is 4.13. The number of hydrogen-bond acceptors (Lipinski definition) is 3. The number of nitrogens with zero attached hydrogens (tertiary/aromatic N) is 1. The van der Waals surface area contributed by atoms with E-state index in [0.717, 1.165) is 24.0 Å². The van der Waals surface area contributed by atoms with Crippen molar-refractivity contribution in [1.29, 1.82) is 0 Å². The first kappa shape index (κ1) is 9.16. The number of aryl methyl sites for hydroxylation is 1. The van der Waals surface area contributed by atoms with Crippen LogP contribution in [0.5, 0.6) is 0 Å². The molecule has 2 rings (SSSR count). The van der Waals surface area contributed by atoms with Crippen molar-refractivity contribution in [3.8, 4) is 0 Å². The highest BCUT2D eigenvalue weighted by molar-refractivity contribution is 7.09. The largest absolute Gasteiger partial charge is 0.327 e. The van der Waals surface area contributed by atoms with Crippen LogP contribution in [0.4, 0.5) is 0 Å². The zero-order valence-electron chi connectivity index (χ0n) is 8.16. The predicted molar refractivity (Wildman–Crippen MR) is 55.8 cm³/mol. The zero-order valence-corrected chi connectivity index (χ0v) is 8.97. The Bertz CT molecular complexity index is 295. The lowest BCUT2D eigenvalue weighted by Gasteiger charge is -2.07. The molecule has 0 aliphatic heterocycles. The molecular formula is C10H16N2S. The molecule has 1 aliphatic carbocycles. The maximum absolute atomic E-state index is 6.08. The normalized spacial score (nSPS) is 28.8. The third-order valence-electron chi connectivity index (χ3n) is 2.80. The molecule has 0 aromatic carbocycles. The molecule has 13 heavy (non-hydrogen) atoms. The van der Waals surface area contributed by atoms with E-state index in [-0.39, 0.29) is 0 Å². The van der Waals surface area contributed by atoms with Crippen molar-refractivity contribution >= 4 is 11.3 Å². The molecule has 2 N–H and O–H groups in total. The Morgan fingerprint density at radius 2 is 2.46 bits per heavy atom. The van der Waals surface area contributed by atoms with E-state index in [0.29, 0.717) is 6.04 Å². The Labute approximate surface area is 83.2 Å². The van der Waals surface area contributed by atoms with Gasteiger partial charge < -0.3 is 5.73 Å². The molecule has 1 heterocycles. The highest BCUT2D eigenvalue weighted by Crippen LogP contribution is 2.40. The summed E-state index contributed by atoms with van der Waals surface area (Å²) >= 11 is 1.73. The zero-order chi connectivity index (χ0) is 9.42. The van der Waals surface area contributed by atoms with Crippen LogP contribution < -0.4 is 5.73 Å². The molecule has 0 saturated heterocycles. The Kier molecular flexibility index (Phi) is 2.39. The molecule has 0 bridgehead atoms. The van der Waals surface area contributed by atoms with E-state index in [1.165, 1.54) is 11.4 Å². The van der Waals surface area contributed by atoms with E-state index in [1.807, 2.05) is 6.92 Å². The summed E-state index contributed by atoms with van der Waals surface area (Å²) in [6.07, 6.45) is 2.28. The summed E-state index contributed by atoms with van der Waals surface area (Å²) in [5.41, 5.74) is 7.20. The third kappa shape index (κ3) is 2.09. The van der Waals surface area contributed by atoms with Gasteiger partial charge in [0.2, 0.25) is 0 Å². The topological polar surface area (TPSA) is 38.9 Å². The van der Waals surface area contributed by atoms with Crippen LogP contribution in [0.3, 0.4) is 0 Å². The van der Waals surface area contributed by atoms with Gasteiger partial charge in [0.1, 0.15) is 0 Å². The summed E-state index contributed by atoms with van der Waals surface area (Å²) in [6.45, 7) is 4.31. The molecule has 1 fully saturated rings. The van der Waals surface area contributed by atoms with Crippen molar-refractivity contribution in [2.75, 3.05) is 0 Å². The monoisotopic (exact) mass is 196 g/mol. The van der Waals surface area contributed by atoms with Gasteiger partial charge in [-0.2, -0.15) is 0 Å². The lowest BCUT2D eigenvalue weighted by molar-refractivity contribution is 0.558. The smallest absolute Gasteiger partial charge is 0.0943 e. The molecule has 3 unspecified atom stereocenters. The van der Waals surface area contributed by atoms with Gasteiger partial charge in [0.05, 0.1) is 5.01 Å². The summed E-state index contributed by atoms with van der Waals surface area (Å²) in [5.74, 6) is 1.60. The lowest BCUT2D eigenvalue weighted by Crippen LogP contribution is -2.25. The lowest BCUT2D eigenvalue weighted by atomic mass is 10.1. The maximum atomic E-state index is 6.08. The van der Waals surface area contributed by atoms with E-state index in [4.69, 9.17) is 5.73 Å². The van der Waals surface area contributed by atoms with Crippen LogP contribution in [0.1, 0.15) is 24.0 Å². The van der Waals surface area contributed by atoms with Crippen LogP contribution in [0, 0.1) is 18.8 Å². The average Bonchev–Trinajstić information content (AvgIpc) is 2.66. The number of aromatic nitrogens is 1. The van der Waals surface area contributed by atoms with Gasteiger partial charge >= 0.3 is 0 Å². The van der Waals surface area contributed by atoms with Crippen molar-refractivity contribution in [2.45, 2.75) is 32.7 Å². The van der Waals surface area contributed by atoms with Gasteiger partial charge in [-0.1, -0.05) is 6.92 Å². The standard InChI is InChI=1S/C10H16N2S/c1-6-3-8(6)9(11)4-10-12-7(2)5-13-10/h5-6,8-9H,3-4,11H2,1-2H3. The summed E-state index contributed by atoms with van der Waals surface area (Å²) in [5, 5.41) is 3.29. The fourth-order valence-electron chi connectivity index (χ4n) is 1.80. The number of thiazole rings is 1. The molecule has 1 aliphatic rings. The van der Waals surface area contributed by atoms with Crippen LogP contribution in [-0.4, -0.2) is 11.0 Å². The fourth-order valence-corrected chi connectivity index (χ4v) is 2.64. The van der Waals surface area contributed by atoms with E-state index >= 15 is 0 Å². The highest BCUT2D eigenvalue weighted by Gasteiger charge is 2.37. The van der Waals surface area contributed by atoms with Crippen molar-refractivity contribution in [3.63, 3.8) is 0 Å². The molecular weight excluding hydrogens is 180 g/mol. The minimum absolute atomic E-state index is 0.334. The quantitative estimate of drug-likeness (QED) is 0.803. The summed E-state index contributed by atoms with van der Waals surface area (Å²) in [4.78, 5) is 4.42. The fraction of sp³-hybridized carbons (Fsp3) is 0.700. The predicted octanol–water partition coefficient (Wildman–Crippen LogP) is 1.98. The van der Waals surface area contributed by atoms with Crippen LogP contribution in [0.2, 0.25) is 0 Å². The minimum Gasteiger partial charge on any atom is -0.327 e. The molecule has 2 nitrogen and oxygen atoms in total. The second-order valence-corrected chi connectivity index (χ2v) is 5.07. The van der Waals surface area contributed by atoms with E-state index in [1.54, 1.807) is 11.3 Å². The second kappa shape index (κ2) is 3.39. The molecule has 3 atom stereocenters. The Morgan fingerprint density at radius 3 is 2.92 bits per heavy atom. The summed E-state index contributed by atoms with van der Waals surface area (Å²) in [6, 6.07) is 0.334. The van der Waals surface area contributed by atoms with Crippen LogP contribution in [-0.2, 0) is 6.42 Å². The van der Waals surface area contributed by atoms with Gasteiger partial charge in [-0.3, -0.25) is 0 Å². The molecule has 72 valence electrons. The van der Waals surface area contributed by atoms with Crippen molar-refractivity contribution in [2.24, 2.45) is 17.6 Å². The van der Waals surface area contributed by atoms with E-state index < -0.39 is 0 Å². The van der Waals surface area contributed by atoms with Crippen molar-refractivity contribution < 1.29 is 0 Å². The van der Waals surface area contributed by atoms with Gasteiger partial charge in [-0.25, -0.2) is 4.98 Å². The van der Waals surface area contributed by atoms with E-state index in [2.05, 4.69) is 17.3 Å². The Balaban J connectivity index is 1.91. The SMILES string of the molecule is Cc1csc(CC(N)C2CC2C)n1. The van der Waals surface area contributed by atoms with Gasteiger partial charge in [0, 0.05) is 23.5 Å². The molecule has 3 heteroatoms. The van der Waals surface area contributed by atoms with Gasteiger partial charge in [-0.05, 0) is 25.2 Å². The molecule has 0 spiro atoms. The van der Waals surface area contributed by atoms with Crippen molar-refractivity contribution in [1.82, 2.24) is 4.98 Å². The molecule has 0 radical (unpaired) electrons. The first-order valence-electron chi connectivity index (χ1n) is 4.83. The highest BCUT2D eigenvalue weighted by atomic mass is 32.1. The first-order chi connectivity index (χ1) is 6.16. The first-order valence-corrected chi connectivity index (χ1v) is 5.71. The molecule has 1 aromatic rings. The Hall–Kier alpha value is -0.410. The number of hydrogen-bond donors (Lipinski definition) is 1. The van der Waals surface area contributed by atoms with Gasteiger partial charge in [-0.15, -0.1) is 11.3 Å². The average molecular weight is 196 g/mol. The molecule has 0 amide bonds. The molecule has 1 aromatic heterocycles. The minimum atomic E-state index is 0.334. The summed E-state index contributed by atoms with van der Waals surface area (Å²) in [7, 11) is 0. The van der Waals surface area contributed by atoms with Gasteiger partial charge in [0.25, 0.3) is 0 Å². The maximum Gasteiger partial charge on any atom is 0.0943 e. The molecule has 1 saturated carbocycles. The number of nitrogens with two attached hydrogens (primary N) is 1. The van der Waals surface area contributed by atoms with Crippen LogP contribution in [0.25, 0.3) is 0 Å². The van der Waals surface area contributed by atoms with Crippen LogP contribution in [0.15, 0.2) is 5.38 Å².